The average Bonchev–Trinajstić information content (AvgIpc) is 2.74. The lowest BCUT2D eigenvalue weighted by Gasteiger charge is -2.32. The van der Waals surface area contributed by atoms with E-state index in [0.717, 1.165) is 18.0 Å². The molecule has 2 saturated heterocycles. The van der Waals surface area contributed by atoms with E-state index in [0.29, 0.717) is 19.8 Å². The van der Waals surface area contributed by atoms with E-state index in [1.165, 1.54) is 0 Å². The number of hydrogen-bond acceptors (Lipinski definition) is 6. The number of amides is 2. The SMILES string of the molecule is C/C=C/[C@H]1OC(=O)N(C(=O)OC(C)(C)C)[C@@H]1CN1CCOCC1. The summed E-state index contributed by atoms with van der Waals surface area (Å²) in [6.07, 6.45) is 1.85. The van der Waals surface area contributed by atoms with Crippen LogP contribution in [-0.2, 0) is 14.2 Å². The molecule has 2 amide bonds. The predicted molar refractivity (Wildman–Crippen MR) is 84.2 cm³/mol. The summed E-state index contributed by atoms with van der Waals surface area (Å²) in [5.41, 5.74) is -0.667. The van der Waals surface area contributed by atoms with Crippen LogP contribution in [0.1, 0.15) is 27.7 Å². The Morgan fingerprint density at radius 2 is 2.00 bits per heavy atom. The predicted octanol–water partition coefficient (Wildman–Crippen LogP) is 2.02. The molecule has 0 radical (unpaired) electrons. The maximum Gasteiger partial charge on any atom is 0.420 e. The minimum atomic E-state index is -0.667. The number of carbonyl (C=O) groups is 2. The molecule has 0 spiro atoms. The second-order valence-corrected chi connectivity index (χ2v) is 6.70. The maximum absolute atomic E-state index is 12.4. The standard InChI is InChI=1S/C16H26N2O5/c1-5-6-13-12(11-17-7-9-21-10-8-17)18(14(19)22-13)15(20)23-16(2,3)4/h5-6,12-13H,7-11H2,1-4H3/b6-5+/t12-,13-/m1/s1. The first-order chi connectivity index (χ1) is 10.8. The Labute approximate surface area is 137 Å². The summed E-state index contributed by atoms with van der Waals surface area (Å²) in [5, 5.41) is 0. The fourth-order valence-corrected chi connectivity index (χ4v) is 2.65. The molecule has 2 aliphatic rings. The lowest BCUT2D eigenvalue weighted by atomic mass is 10.1. The molecule has 2 atom stereocenters. The van der Waals surface area contributed by atoms with Crippen molar-refractivity contribution in [3.8, 4) is 0 Å². The number of morpholine rings is 1. The molecule has 0 aromatic rings. The molecule has 0 unspecified atom stereocenters. The first-order valence-corrected chi connectivity index (χ1v) is 7.97. The van der Waals surface area contributed by atoms with Crippen LogP contribution in [0.2, 0.25) is 0 Å². The first-order valence-electron chi connectivity index (χ1n) is 7.97. The first kappa shape index (κ1) is 17.7. The molecular formula is C16H26N2O5. The van der Waals surface area contributed by atoms with Gasteiger partial charge in [0.2, 0.25) is 0 Å². The minimum absolute atomic E-state index is 0.397. The largest absolute Gasteiger partial charge is 0.443 e. The molecule has 2 aliphatic heterocycles. The molecule has 0 aliphatic carbocycles. The Kier molecular flexibility index (Phi) is 5.64. The maximum atomic E-state index is 12.4. The van der Waals surface area contributed by atoms with Crippen LogP contribution in [0.15, 0.2) is 12.2 Å². The van der Waals surface area contributed by atoms with Crippen LogP contribution in [0.5, 0.6) is 0 Å². The van der Waals surface area contributed by atoms with Gasteiger partial charge in [0.1, 0.15) is 11.7 Å². The minimum Gasteiger partial charge on any atom is -0.443 e. The van der Waals surface area contributed by atoms with Crippen molar-refractivity contribution in [2.75, 3.05) is 32.8 Å². The highest BCUT2D eigenvalue weighted by atomic mass is 16.6. The number of nitrogens with zero attached hydrogens (tertiary/aromatic N) is 2. The number of rotatable bonds is 3. The van der Waals surface area contributed by atoms with E-state index >= 15 is 0 Å². The van der Waals surface area contributed by atoms with E-state index in [2.05, 4.69) is 4.90 Å². The summed E-state index contributed by atoms with van der Waals surface area (Å²) in [6.45, 7) is 10.6. The summed E-state index contributed by atoms with van der Waals surface area (Å²) >= 11 is 0. The highest BCUT2D eigenvalue weighted by Gasteiger charge is 2.46. The van der Waals surface area contributed by atoms with Crippen molar-refractivity contribution in [3.05, 3.63) is 12.2 Å². The molecule has 0 aromatic heterocycles. The fourth-order valence-electron chi connectivity index (χ4n) is 2.65. The highest BCUT2D eigenvalue weighted by Crippen LogP contribution is 2.24. The summed E-state index contributed by atoms with van der Waals surface area (Å²) < 4.78 is 16.0. The normalized spacial score (nSPS) is 26.6. The number of hydrogen-bond donors (Lipinski definition) is 0. The molecule has 0 N–H and O–H groups in total. The Morgan fingerprint density at radius 1 is 1.35 bits per heavy atom. The van der Waals surface area contributed by atoms with Gasteiger partial charge in [-0.2, -0.15) is 0 Å². The van der Waals surface area contributed by atoms with Crippen molar-refractivity contribution in [3.63, 3.8) is 0 Å². The van der Waals surface area contributed by atoms with Gasteiger partial charge in [0, 0.05) is 19.6 Å². The van der Waals surface area contributed by atoms with Gasteiger partial charge in [-0.15, -0.1) is 0 Å². The van der Waals surface area contributed by atoms with Crippen LogP contribution in [0.25, 0.3) is 0 Å². The Morgan fingerprint density at radius 3 is 2.57 bits per heavy atom. The number of allylic oxidation sites excluding steroid dienone is 1. The monoisotopic (exact) mass is 326 g/mol. The van der Waals surface area contributed by atoms with Crippen molar-refractivity contribution < 1.29 is 23.8 Å². The van der Waals surface area contributed by atoms with Gasteiger partial charge < -0.3 is 14.2 Å². The third-order valence-corrected chi connectivity index (χ3v) is 3.67. The topological polar surface area (TPSA) is 68.3 Å². The molecule has 2 fully saturated rings. The molecule has 7 nitrogen and oxygen atoms in total. The van der Waals surface area contributed by atoms with Gasteiger partial charge in [0.15, 0.2) is 0 Å². The summed E-state index contributed by atoms with van der Waals surface area (Å²) in [6, 6.07) is -0.397. The fraction of sp³-hybridized carbons (Fsp3) is 0.750. The van der Waals surface area contributed by atoms with Crippen molar-refractivity contribution in [2.24, 2.45) is 0 Å². The summed E-state index contributed by atoms with van der Waals surface area (Å²) in [7, 11) is 0. The van der Waals surface area contributed by atoms with Gasteiger partial charge in [-0.3, -0.25) is 4.90 Å². The quantitative estimate of drug-likeness (QED) is 0.739. The molecule has 0 bridgehead atoms. The molecule has 7 heteroatoms. The van der Waals surface area contributed by atoms with Crippen molar-refractivity contribution in [1.82, 2.24) is 9.80 Å². The van der Waals surface area contributed by atoms with E-state index in [1.807, 2.05) is 13.0 Å². The van der Waals surface area contributed by atoms with Gasteiger partial charge in [-0.05, 0) is 33.8 Å². The van der Waals surface area contributed by atoms with Crippen molar-refractivity contribution in [1.29, 1.82) is 0 Å². The molecule has 0 aromatic carbocycles. The van der Waals surface area contributed by atoms with Gasteiger partial charge in [0.25, 0.3) is 0 Å². The van der Waals surface area contributed by atoms with E-state index in [-0.39, 0.29) is 0 Å². The molecule has 2 rings (SSSR count). The van der Waals surface area contributed by atoms with E-state index in [9.17, 15) is 9.59 Å². The lowest BCUT2D eigenvalue weighted by molar-refractivity contribution is 0.0131. The third-order valence-electron chi connectivity index (χ3n) is 3.67. The van der Waals surface area contributed by atoms with Gasteiger partial charge in [-0.1, -0.05) is 6.08 Å². The smallest absolute Gasteiger partial charge is 0.420 e. The van der Waals surface area contributed by atoms with Crippen LogP contribution < -0.4 is 0 Å². The van der Waals surface area contributed by atoms with Crippen LogP contribution >= 0.6 is 0 Å². The Balaban J connectivity index is 2.14. The molecule has 130 valence electrons. The molecule has 23 heavy (non-hydrogen) atoms. The molecule has 2 heterocycles. The third kappa shape index (κ3) is 4.68. The van der Waals surface area contributed by atoms with Gasteiger partial charge in [-0.25, -0.2) is 14.5 Å². The number of cyclic esters (lactones) is 1. The summed E-state index contributed by atoms with van der Waals surface area (Å²) in [4.78, 5) is 27.8. The van der Waals surface area contributed by atoms with Crippen LogP contribution in [0, 0.1) is 0 Å². The van der Waals surface area contributed by atoms with Crippen molar-refractivity contribution >= 4 is 12.2 Å². The van der Waals surface area contributed by atoms with E-state index < -0.39 is 29.9 Å². The average molecular weight is 326 g/mol. The Hall–Kier alpha value is -1.60. The zero-order chi connectivity index (χ0) is 17.0. The second kappa shape index (κ2) is 7.31. The highest BCUT2D eigenvalue weighted by molar-refractivity contribution is 5.90. The second-order valence-electron chi connectivity index (χ2n) is 6.70. The zero-order valence-corrected chi connectivity index (χ0v) is 14.3. The van der Waals surface area contributed by atoms with Crippen LogP contribution in [0.3, 0.4) is 0 Å². The van der Waals surface area contributed by atoms with Crippen LogP contribution in [-0.4, -0.2) is 72.6 Å². The Bertz CT molecular complexity index is 466. The number of imide groups is 1. The lowest BCUT2D eigenvalue weighted by Crippen LogP contribution is -2.51. The van der Waals surface area contributed by atoms with E-state index in [4.69, 9.17) is 14.2 Å². The zero-order valence-electron chi connectivity index (χ0n) is 14.3. The van der Waals surface area contributed by atoms with Crippen molar-refractivity contribution in [2.45, 2.75) is 45.4 Å². The van der Waals surface area contributed by atoms with Gasteiger partial charge in [0.05, 0.1) is 19.3 Å². The number of ether oxygens (including phenoxy) is 3. The summed E-state index contributed by atoms with van der Waals surface area (Å²) in [5.74, 6) is 0. The number of carbonyl (C=O) groups excluding carboxylic acids is 2. The van der Waals surface area contributed by atoms with Gasteiger partial charge >= 0.3 is 12.2 Å². The molecule has 0 saturated carbocycles. The van der Waals surface area contributed by atoms with E-state index in [1.54, 1.807) is 26.8 Å². The molecular weight excluding hydrogens is 300 g/mol. The van der Waals surface area contributed by atoms with Crippen LogP contribution in [0.4, 0.5) is 9.59 Å².